The third kappa shape index (κ3) is 3.53. The van der Waals surface area contributed by atoms with Crippen molar-refractivity contribution in [2.75, 3.05) is 13.1 Å². The molecule has 2 atom stereocenters. The molecule has 1 fully saturated rings. The van der Waals surface area contributed by atoms with E-state index in [9.17, 15) is 4.79 Å². The van der Waals surface area contributed by atoms with Crippen molar-refractivity contribution in [1.82, 2.24) is 15.2 Å². The van der Waals surface area contributed by atoms with E-state index in [2.05, 4.69) is 17.2 Å². The van der Waals surface area contributed by atoms with E-state index in [1.54, 1.807) is 11.1 Å². The number of aromatic nitrogens is 1. The average Bonchev–Trinajstić information content (AvgIpc) is 2.40. The van der Waals surface area contributed by atoms with Crippen molar-refractivity contribution in [1.29, 1.82) is 0 Å². The van der Waals surface area contributed by atoms with Crippen LogP contribution in [-0.4, -0.2) is 40.7 Å². The SMILES string of the molecule is CC1CN(C(=O)OC(C)(C)C)C(C)(c2ccccn2)CN1. The minimum absolute atomic E-state index is 0.231. The Morgan fingerprint density at radius 3 is 2.76 bits per heavy atom. The molecule has 2 heterocycles. The van der Waals surface area contributed by atoms with Gasteiger partial charge in [0.1, 0.15) is 5.60 Å². The minimum atomic E-state index is -0.504. The Hall–Kier alpha value is -1.62. The number of hydrogen-bond donors (Lipinski definition) is 1. The monoisotopic (exact) mass is 291 g/mol. The predicted octanol–water partition coefficient (Wildman–Crippen LogP) is 2.53. The van der Waals surface area contributed by atoms with Gasteiger partial charge >= 0.3 is 6.09 Å². The summed E-state index contributed by atoms with van der Waals surface area (Å²) in [5.41, 5.74) is -0.137. The highest BCUT2D eigenvalue weighted by Gasteiger charge is 2.43. The van der Waals surface area contributed by atoms with Crippen LogP contribution in [0.25, 0.3) is 0 Å². The number of ether oxygens (including phenoxy) is 1. The molecule has 1 N–H and O–H groups in total. The fourth-order valence-corrected chi connectivity index (χ4v) is 2.51. The second kappa shape index (κ2) is 5.64. The van der Waals surface area contributed by atoms with Gasteiger partial charge in [-0.05, 0) is 46.8 Å². The third-order valence-corrected chi connectivity index (χ3v) is 3.68. The topological polar surface area (TPSA) is 54.5 Å². The van der Waals surface area contributed by atoms with Gasteiger partial charge in [0.05, 0.1) is 11.2 Å². The highest BCUT2D eigenvalue weighted by atomic mass is 16.6. The summed E-state index contributed by atoms with van der Waals surface area (Å²) in [6, 6.07) is 6.01. The van der Waals surface area contributed by atoms with E-state index < -0.39 is 11.1 Å². The van der Waals surface area contributed by atoms with Gasteiger partial charge in [-0.3, -0.25) is 9.88 Å². The summed E-state index contributed by atoms with van der Waals surface area (Å²) in [6.07, 6.45) is 1.47. The third-order valence-electron chi connectivity index (χ3n) is 3.68. The summed E-state index contributed by atoms with van der Waals surface area (Å²) in [5, 5.41) is 3.43. The van der Waals surface area contributed by atoms with Crippen LogP contribution in [0.2, 0.25) is 0 Å². The predicted molar refractivity (Wildman–Crippen MR) is 82.0 cm³/mol. The van der Waals surface area contributed by atoms with Gasteiger partial charge in [-0.15, -0.1) is 0 Å². The number of nitrogens with zero attached hydrogens (tertiary/aromatic N) is 2. The van der Waals surface area contributed by atoms with E-state index in [1.807, 2.05) is 45.9 Å². The Balaban J connectivity index is 2.31. The molecule has 0 aliphatic carbocycles. The molecule has 0 saturated carbocycles. The molecule has 21 heavy (non-hydrogen) atoms. The normalized spacial score (nSPS) is 26.5. The van der Waals surface area contributed by atoms with Gasteiger partial charge in [0.15, 0.2) is 0 Å². The quantitative estimate of drug-likeness (QED) is 0.864. The number of pyridine rings is 1. The molecule has 5 nitrogen and oxygen atoms in total. The van der Waals surface area contributed by atoms with Crippen molar-refractivity contribution in [2.24, 2.45) is 0 Å². The highest BCUT2D eigenvalue weighted by Crippen LogP contribution is 2.30. The fourth-order valence-electron chi connectivity index (χ4n) is 2.51. The van der Waals surface area contributed by atoms with Gasteiger partial charge < -0.3 is 10.1 Å². The molecule has 5 heteroatoms. The number of amides is 1. The van der Waals surface area contributed by atoms with Crippen LogP contribution in [0.1, 0.15) is 40.3 Å². The lowest BCUT2D eigenvalue weighted by molar-refractivity contribution is -0.0151. The van der Waals surface area contributed by atoms with Gasteiger partial charge in [-0.2, -0.15) is 0 Å². The highest BCUT2D eigenvalue weighted by molar-refractivity contribution is 5.70. The molecule has 0 spiro atoms. The first-order valence-electron chi connectivity index (χ1n) is 7.38. The molecule has 1 aliphatic rings. The molecule has 2 rings (SSSR count). The van der Waals surface area contributed by atoms with Crippen LogP contribution in [0, 0.1) is 0 Å². The second-order valence-corrected chi connectivity index (χ2v) is 6.86. The van der Waals surface area contributed by atoms with E-state index in [0.29, 0.717) is 13.1 Å². The molecule has 1 aromatic rings. The van der Waals surface area contributed by atoms with E-state index >= 15 is 0 Å². The van der Waals surface area contributed by atoms with E-state index in [4.69, 9.17) is 4.74 Å². The number of carbonyl (C=O) groups excluding carboxylic acids is 1. The van der Waals surface area contributed by atoms with E-state index in [-0.39, 0.29) is 12.1 Å². The molecule has 1 saturated heterocycles. The Morgan fingerprint density at radius 2 is 2.19 bits per heavy atom. The largest absolute Gasteiger partial charge is 0.444 e. The summed E-state index contributed by atoms with van der Waals surface area (Å²) in [7, 11) is 0. The molecule has 116 valence electrons. The van der Waals surface area contributed by atoms with E-state index in [1.165, 1.54) is 0 Å². The van der Waals surface area contributed by atoms with Gasteiger partial charge in [0.25, 0.3) is 0 Å². The van der Waals surface area contributed by atoms with Crippen molar-refractivity contribution >= 4 is 6.09 Å². The van der Waals surface area contributed by atoms with Crippen molar-refractivity contribution in [3.05, 3.63) is 30.1 Å². The van der Waals surface area contributed by atoms with Crippen molar-refractivity contribution in [3.8, 4) is 0 Å². The molecule has 1 aromatic heterocycles. The maximum atomic E-state index is 12.6. The lowest BCUT2D eigenvalue weighted by Crippen LogP contribution is -2.63. The zero-order chi connectivity index (χ0) is 15.7. The molecule has 0 radical (unpaired) electrons. The number of piperazine rings is 1. The summed E-state index contributed by atoms with van der Waals surface area (Å²) < 4.78 is 5.57. The number of carbonyl (C=O) groups is 1. The molecule has 2 unspecified atom stereocenters. The number of rotatable bonds is 1. The molecule has 0 bridgehead atoms. The Bertz CT molecular complexity index is 498. The Labute approximate surface area is 126 Å². The van der Waals surface area contributed by atoms with Crippen molar-refractivity contribution in [3.63, 3.8) is 0 Å². The van der Waals surface area contributed by atoms with Crippen LogP contribution in [0.15, 0.2) is 24.4 Å². The fraction of sp³-hybridized carbons (Fsp3) is 0.625. The van der Waals surface area contributed by atoms with Crippen LogP contribution in [0.5, 0.6) is 0 Å². The standard InChI is InChI=1S/C16H25N3O2/c1-12-10-19(14(20)21-15(2,3)4)16(5,11-18-12)13-8-6-7-9-17-13/h6-9,12,18H,10-11H2,1-5H3. The summed E-state index contributed by atoms with van der Waals surface area (Å²) in [4.78, 5) is 18.8. The zero-order valence-electron chi connectivity index (χ0n) is 13.5. The first-order chi connectivity index (χ1) is 9.72. The lowest BCUT2D eigenvalue weighted by Gasteiger charge is -2.46. The van der Waals surface area contributed by atoms with Crippen LogP contribution in [-0.2, 0) is 10.3 Å². The Kier molecular flexibility index (Phi) is 4.23. The second-order valence-electron chi connectivity index (χ2n) is 6.86. The van der Waals surface area contributed by atoms with Crippen molar-refractivity contribution < 1.29 is 9.53 Å². The van der Waals surface area contributed by atoms with Gasteiger partial charge in [0, 0.05) is 25.3 Å². The maximum absolute atomic E-state index is 12.6. The van der Waals surface area contributed by atoms with E-state index in [0.717, 1.165) is 5.69 Å². The summed E-state index contributed by atoms with van der Waals surface area (Å²) >= 11 is 0. The summed E-state index contributed by atoms with van der Waals surface area (Å²) in [6.45, 7) is 11.0. The Morgan fingerprint density at radius 1 is 1.48 bits per heavy atom. The minimum Gasteiger partial charge on any atom is -0.444 e. The molecule has 0 aromatic carbocycles. The molecular weight excluding hydrogens is 266 g/mol. The van der Waals surface area contributed by atoms with Crippen LogP contribution in [0.3, 0.4) is 0 Å². The molecular formula is C16H25N3O2. The first kappa shape index (κ1) is 15.8. The zero-order valence-corrected chi connectivity index (χ0v) is 13.5. The number of hydrogen-bond acceptors (Lipinski definition) is 4. The van der Waals surface area contributed by atoms with Gasteiger partial charge in [0.2, 0.25) is 0 Å². The molecule has 1 aliphatic heterocycles. The average molecular weight is 291 g/mol. The maximum Gasteiger partial charge on any atom is 0.411 e. The van der Waals surface area contributed by atoms with Gasteiger partial charge in [-0.1, -0.05) is 6.07 Å². The number of nitrogens with one attached hydrogen (secondary N) is 1. The smallest absolute Gasteiger partial charge is 0.411 e. The summed E-state index contributed by atoms with van der Waals surface area (Å²) in [5.74, 6) is 0. The molecule has 1 amide bonds. The van der Waals surface area contributed by atoms with Gasteiger partial charge in [-0.25, -0.2) is 4.79 Å². The van der Waals surface area contributed by atoms with Crippen LogP contribution < -0.4 is 5.32 Å². The van der Waals surface area contributed by atoms with Crippen LogP contribution in [0.4, 0.5) is 4.79 Å². The van der Waals surface area contributed by atoms with Crippen molar-refractivity contribution in [2.45, 2.75) is 51.8 Å². The van der Waals surface area contributed by atoms with Crippen LogP contribution >= 0.6 is 0 Å². The lowest BCUT2D eigenvalue weighted by atomic mass is 9.91. The first-order valence-corrected chi connectivity index (χ1v) is 7.38.